The van der Waals surface area contributed by atoms with Crippen molar-refractivity contribution in [2.45, 2.75) is 12.3 Å². The second kappa shape index (κ2) is 13.8. The monoisotopic (exact) mass is 792 g/mol. The molecule has 1 unspecified atom stereocenters. The predicted octanol–water partition coefficient (Wildman–Crippen LogP) is 14.5. The SMILES string of the molecule is C1=CC(c2nc3ccccc3s2)=CC(c2ccc3sc4c(-c5cccc(-c6nc(-c7ccccc7)nc(-c7cccc8oc9ccccc9c78)n6)c5)cccc4c3c2)C1. The van der Waals surface area contributed by atoms with E-state index < -0.39 is 0 Å². The molecule has 0 N–H and O–H groups in total. The number of rotatable bonds is 6. The summed E-state index contributed by atoms with van der Waals surface area (Å²) in [6.07, 6.45) is 7.90. The molecule has 0 fully saturated rings. The highest BCUT2D eigenvalue weighted by molar-refractivity contribution is 7.26. The summed E-state index contributed by atoms with van der Waals surface area (Å²) in [4.78, 5) is 20.3. The Morgan fingerprint density at radius 2 is 1.24 bits per heavy atom. The normalized spacial score (nSPS) is 14.2. The van der Waals surface area contributed by atoms with E-state index in [2.05, 4.69) is 115 Å². The Hall–Kier alpha value is -7.06. The molecule has 1 atom stereocenters. The molecule has 1 aliphatic carbocycles. The number of furan rings is 1. The van der Waals surface area contributed by atoms with Gasteiger partial charge in [0.15, 0.2) is 17.5 Å². The Bertz CT molecular complexity index is 3470. The van der Waals surface area contributed by atoms with Crippen molar-refractivity contribution in [3.8, 4) is 45.3 Å². The molecule has 59 heavy (non-hydrogen) atoms. The second-order valence-electron chi connectivity index (χ2n) is 14.9. The molecule has 5 nitrogen and oxygen atoms in total. The lowest BCUT2D eigenvalue weighted by molar-refractivity contribution is 0.669. The zero-order valence-electron chi connectivity index (χ0n) is 31.5. The van der Waals surface area contributed by atoms with Crippen LogP contribution in [0.2, 0.25) is 0 Å². The minimum Gasteiger partial charge on any atom is -0.456 e. The lowest BCUT2D eigenvalue weighted by atomic mass is 9.89. The first-order valence-corrected chi connectivity index (χ1v) is 21.4. The molecule has 0 amide bonds. The number of para-hydroxylation sites is 2. The Morgan fingerprint density at radius 1 is 0.508 bits per heavy atom. The topological polar surface area (TPSA) is 64.7 Å². The third-order valence-electron chi connectivity index (χ3n) is 11.3. The van der Waals surface area contributed by atoms with E-state index in [9.17, 15) is 0 Å². The zero-order chi connectivity index (χ0) is 38.9. The van der Waals surface area contributed by atoms with Crippen LogP contribution in [0.4, 0.5) is 0 Å². The second-order valence-corrected chi connectivity index (χ2v) is 17.0. The molecule has 0 aliphatic heterocycles. The van der Waals surface area contributed by atoms with Crippen molar-refractivity contribution in [2.75, 3.05) is 0 Å². The number of thiazole rings is 1. The molecule has 0 saturated heterocycles. The Labute approximate surface area is 347 Å². The number of fused-ring (bicyclic) bond motifs is 7. The van der Waals surface area contributed by atoms with Gasteiger partial charge in [-0.1, -0.05) is 133 Å². The molecule has 0 bridgehead atoms. The van der Waals surface area contributed by atoms with Crippen LogP contribution in [-0.2, 0) is 0 Å². The average molecular weight is 793 g/mol. The van der Waals surface area contributed by atoms with Crippen LogP contribution in [0, 0.1) is 0 Å². The first-order valence-electron chi connectivity index (χ1n) is 19.7. The van der Waals surface area contributed by atoms with Crippen LogP contribution in [0.3, 0.4) is 0 Å². The van der Waals surface area contributed by atoms with Crippen molar-refractivity contribution in [1.82, 2.24) is 19.9 Å². The molecule has 4 heterocycles. The number of nitrogens with zero attached hydrogens (tertiary/aromatic N) is 4. The number of hydrogen-bond donors (Lipinski definition) is 0. The van der Waals surface area contributed by atoms with Gasteiger partial charge in [-0.3, -0.25) is 0 Å². The molecule has 0 saturated carbocycles. The van der Waals surface area contributed by atoms with E-state index in [1.54, 1.807) is 11.3 Å². The van der Waals surface area contributed by atoms with Crippen LogP contribution in [0.25, 0.3) is 103 Å². The summed E-state index contributed by atoms with van der Waals surface area (Å²) >= 11 is 3.62. The Morgan fingerprint density at radius 3 is 2.17 bits per heavy atom. The van der Waals surface area contributed by atoms with Gasteiger partial charge in [-0.05, 0) is 65.6 Å². The summed E-state index contributed by atoms with van der Waals surface area (Å²) in [6, 6.07) is 55.0. The predicted molar refractivity (Wildman–Crippen MR) is 246 cm³/mol. The van der Waals surface area contributed by atoms with Crippen LogP contribution < -0.4 is 0 Å². The van der Waals surface area contributed by atoms with Gasteiger partial charge in [-0.25, -0.2) is 19.9 Å². The van der Waals surface area contributed by atoms with E-state index in [4.69, 9.17) is 24.4 Å². The molecule has 4 aromatic heterocycles. The van der Waals surface area contributed by atoms with Crippen LogP contribution in [0.5, 0.6) is 0 Å². The molecule has 11 aromatic rings. The van der Waals surface area contributed by atoms with E-state index >= 15 is 0 Å². The van der Waals surface area contributed by atoms with Gasteiger partial charge in [0.25, 0.3) is 0 Å². The third-order valence-corrected chi connectivity index (χ3v) is 13.6. The zero-order valence-corrected chi connectivity index (χ0v) is 33.2. The van der Waals surface area contributed by atoms with Gasteiger partial charge >= 0.3 is 0 Å². The number of allylic oxidation sites excluding steroid dienone is 4. The quantitative estimate of drug-likeness (QED) is 0.168. The van der Waals surface area contributed by atoms with Crippen LogP contribution in [0.1, 0.15) is 22.9 Å². The third kappa shape index (κ3) is 5.89. The fourth-order valence-electron chi connectivity index (χ4n) is 8.46. The standard InChI is InChI=1S/C52H32N4OS2/c1-2-12-31(13-3-1)49-54-50(56-51(55-49)40-21-11-24-44-47(40)39-18-4-6-23-43(39)57-44)35-16-9-15-34(29-35)37-19-10-20-38-41-30-33(26-27-45(41)58-48(37)38)32-14-8-17-36(28-32)52-53-42-22-5-7-25-46(42)59-52/h1-13,15-30,32H,14H2. The maximum absolute atomic E-state index is 6.26. The number of thiophene rings is 1. The summed E-state index contributed by atoms with van der Waals surface area (Å²) in [5.41, 5.74) is 10.3. The van der Waals surface area contributed by atoms with E-state index in [0.29, 0.717) is 17.5 Å². The highest BCUT2D eigenvalue weighted by Crippen LogP contribution is 2.43. The van der Waals surface area contributed by atoms with Gasteiger partial charge in [0.1, 0.15) is 16.2 Å². The van der Waals surface area contributed by atoms with Crippen LogP contribution in [0.15, 0.2) is 180 Å². The van der Waals surface area contributed by atoms with Gasteiger partial charge in [0.2, 0.25) is 0 Å². The largest absolute Gasteiger partial charge is 0.456 e. The first kappa shape index (κ1) is 34.0. The van der Waals surface area contributed by atoms with Gasteiger partial charge in [0.05, 0.1) is 10.2 Å². The maximum atomic E-state index is 6.26. The Kier molecular flexibility index (Phi) is 7.96. The van der Waals surface area contributed by atoms with E-state index in [0.717, 1.165) is 61.1 Å². The van der Waals surface area contributed by atoms with Crippen molar-refractivity contribution >= 4 is 80.6 Å². The summed E-state index contributed by atoms with van der Waals surface area (Å²) < 4.78 is 10.0. The highest BCUT2D eigenvalue weighted by atomic mass is 32.1. The molecule has 0 spiro atoms. The van der Waals surface area contributed by atoms with E-state index in [1.165, 1.54) is 41.6 Å². The number of hydrogen-bond acceptors (Lipinski definition) is 7. The van der Waals surface area contributed by atoms with Gasteiger partial charge in [0, 0.05) is 59.1 Å². The number of aromatic nitrogens is 4. The summed E-state index contributed by atoms with van der Waals surface area (Å²) in [5, 5.41) is 5.67. The molecular formula is C52H32N4OS2. The lowest BCUT2D eigenvalue weighted by Crippen LogP contribution is -2.00. The van der Waals surface area contributed by atoms with Gasteiger partial charge in [-0.15, -0.1) is 22.7 Å². The summed E-state index contributed by atoms with van der Waals surface area (Å²) in [7, 11) is 0. The molecule has 7 heteroatoms. The first-order chi connectivity index (χ1) is 29.2. The molecule has 12 rings (SSSR count). The minimum absolute atomic E-state index is 0.284. The molecule has 7 aromatic carbocycles. The maximum Gasteiger partial charge on any atom is 0.164 e. The van der Waals surface area contributed by atoms with Crippen molar-refractivity contribution in [3.05, 3.63) is 187 Å². The van der Waals surface area contributed by atoms with E-state index in [-0.39, 0.29) is 5.92 Å². The van der Waals surface area contributed by atoms with Crippen LogP contribution in [-0.4, -0.2) is 19.9 Å². The fourth-order valence-corrected chi connectivity index (χ4v) is 10.6. The van der Waals surface area contributed by atoms with Crippen molar-refractivity contribution in [1.29, 1.82) is 0 Å². The summed E-state index contributed by atoms with van der Waals surface area (Å²) in [6.45, 7) is 0. The van der Waals surface area contributed by atoms with Crippen LogP contribution >= 0.6 is 22.7 Å². The smallest absolute Gasteiger partial charge is 0.164 e. The fraction of sp³-hybridized carbons (Fsp3) is 0.0385. The molecular weight excluding hydrogens is 761 g/mol. The minimum atomic E-state index is 0.284. The van der Waals surface area contributed by atoms with Gasteiger partial charge in [-0.2, -0.15) is 0 Å². The lowest BCUT2D eigenvalue weighted by Gasteiger charge is -2.16. The number of benzene rings is 7. The molecule has 0 radical (unpaired) electrons. The summed E-state index contributed by atoms with van der Waals surface area (Å²) in [5.74, 6) is 2.13. The van der Waals surface area contributed by atoms with Crippen molar-refractivity contribution in [2.24, 2.45) is 0 Å². The van der Waals surface area contributed by atoms with E-state index in [1.807, 2.05) is 72.0 Å². The Balaban J connectivity index is 0.945. The van der Waals surface area contributed by atoms with Crippen molar-refractivity contribution < 1.29 is 4.42 Å². The van der Waals surface area contributed by atoms with Crippen molar-refractivity contribution in [3.63, 3.8) is 0 Å². The average Bonchev–Trinajstić information content (AvgIpc) is 4.03. The van der Waals surface area contributed by atoms with Gasteiger partial charge < -0.3 is 4.42 Å². The molecule has 1 aliphatic rings. The highest BCUT2D eigenvalue weighted by Gasteiger charge is 2.20. The molecule has 278 valence electrons.